The minimum absolute atomic E-state index is 0.254. The Labute approximate surface area is 101 Å². The summed E-state index contributed by atoms with van der Waals surface area (Å²) in [4.78, 5) is 3.70. The number of ether oxygens (including phenoxy) is 1. The quantitative estimate of drug-likeness (QED) is 0.779. The third-order valence-corrected chi connectivity index (χ3v) is 2.09. The van der Waals surface area contributed by atoms with Gasteiger partial charge in [-0.25, -0.2) is 4.39 Å². The second-order valence-corrected chi connectivity index (χ2v) is 4.71. The predicted molar refractivity (Wildman–Crippen MR) is 54.5 cm³/mol. The van der Waals surface area contributed by atoms with E-state index in [9.17, 15) is 22.0 Å². The average Bonchev–Trinajstić information content (AvgIpc) is 2.19. The molecule has 0 amide bonds. The molecule has 0 atom stereocenters. The van der Waals surface area contributed by atoms with E-state index >= 15 is 0 Å². The van der Waals surface area contributed by atoms with Crippen LogP contribution >= 0.6 is 0 Å². The summed E-state index contributed by atoms with van der Waals surface area (Å²) in [7, 11) is 0. The molecular formula is C11H12F5NO. The summed E-state index contributed by atoms with van der Waals surface area (Å²) in [5, 5.41) is 0. The number of alkyl halides is 4. The van der Waals surface area contributed by atoms with Gasteiger partial charge in [0.1, 0.15) is 0 Å². The molecule has 0 unspecified atom stereocenters. The van der Waals surface area contributed by atoms with E-state index in [-0.39, 0.29) is 5.69 Å². The van der Waals surface area contributed by atoms with Crippen LogP contribution in [0.2, 0.25) is 0 Å². The summed E-state index contributed by atoms with van der Waals surface area (Å²) in [5.74, 6) is -2.16. The first-order valence-corrected chi connectivity index (χ1v) is 5.05. The lowest BCUT2D eigenvalue weighted by molar-refractivity contribution is -0.254. The zero-order chi connectivity index (χ0) is 14.1. The van der Waals surface area contributed by atoms with Crippen LogP contribution in [0, 0.1) is 5.82 Å². The van der Waals surface area contributed by atoms with Gasteiger partial charge < -0.3 is 4.74 Å². The molecule has 0 spiro atoms. The highest BCUT2D eigenvalue weighted by molar-refractivity contribution is 5.28. The van der Waals surface area contributed by atoms with Gasteiger partial charge >= 0.3 is 12.5 Å². The van der Waals surface area contributed by atoms with E-state index in [0.29, 0.717) is 6.20 Å². The lowest BCUT2D eigenvalue weighted by Gasteiger charge is -2.21. The lowest BCUT2D eigenvalue weighted by atomic mass is 9.91. The van der Waals surface area contributed by atoms with E-state index in [1.807, 2.05) is 0 Å². The van der Waals surface area contributed by atoms with E-state index in [1.54, 1.807) is 20.8 Å². The maximum absolute atomic E-state index is 13.2. The summed E-state index contributed by atoms with van der Waals surface area (Å²) >= 11 is 0. The first-order chi connectivity index (χ1) is 8.04. The maximum Gasteiger partial charge on any atom is 0.461 e. The van der Waals surface area contributed by atoms with Crippen LogP contribution in [0.25, 0.3) is 0 Å². The minimum Gasteiger partial charge on any atom is -0.425 e. The molecule has 1 aromatic heterocycles. The van der Waals surface area contributed by atoms with E-state index in [4.69, 9.17) is 0 Å². The van der Waals surface area contributed by atoms with Crippen molar-refractivity contribution >= 4 is 0 Å². The highest BCUT2D eigenvalue weighted by Crippen LogP contribution is 2.31. The molecule has 0 aliphatic rings. The first-order valence-electron chi connectivity index (χ1n) is 5.05. The van der Waals surface area contributed by atoms with E-state index in [1.165, 1.54) is 0 Å². The summed E-state index contributed by atoms with van der Waals surface area (Å²) < 4.78 is 66.2. The molecule has 0 aromatic carbocycles. The van der Waals surface area contributed by atoms with Gasteiger partial charge in [-0.3, -0.25) is 4.98 Å². The van der Waals surface area contributed by atoms with Crippen molar-refractivity contribution in [3.63, 3.8) is 0 Å². The molecule has 0 aliphatic heterocycles. The van der Waals surface area contributed by atoms with Crippen molar-refractivity contribution in [2.24, 2.45) is 0 Å². The van der Waals surface area contributed by atoms with Crippen LogP contribution in [0.15, 0.2) is 12.3 Å². The summed E-state index contributed by atoms with van der Waals surface area (Å²) in [6.45, 7) is 5.13. The van der Waals surface area contributed by atoms with Gasteiger partial charge in [-0.2, -0.15) is 17.6 Å². The fourth-order valence-corrected chi connectivity index (χ4v) is 1.10. The molecule has 0 N–H and O–H groups in total. The molecule has 0 aliphatic carbocycles. The Kier molecular flexibility index (Phi) is 3.83. The van der Waals surface area contributed by atoms with Crippen LogP contribution in [0.5, 0.6) is 5.75 Å². The molecule has 0 saturated carbocycles. The zero-order valence-corrected chi connectivity index (χ0v) is 9.98. The summed E-state index contributed by atoms with van der Waals surface area (Å²) in [6, 6.07) is 0.894. The molecule has 1 rings (SSSR count). The number of hydrogen-bond acceptors (Lipinski definition) is 2. The molecule has 1 heterocycles. The minimum atomic E-state index is -4.74. The van der Waals surface area contributed by atoms with Crippen LogP contribution in [-0.4, -0.2) is 17.5 Å². The largest absolute Gasteiger partial charge is 0.461 e. The van der Waals surface area contributed by atoms with Crippen molar-refractivity contribution in [1.82, 2.24) is 4.98 Å². The second kappa shape index (κ2) is 4.70. The fourth-order valence-electron chi connectivity index (χ4n) is 1.10. The first kappa shape index (κ1) is 14.7. The molecule has 2 nitrogen and oxygen atoms in total. The molecule has 18 heavy (non-hydrogen) atoms. The normalized spacial score (nSPS) is 12.9. The number of aromatic nitrogens is 1. The second-order valence-electron chi connectivity index (χ2n) is 4.71. The van der Waals surface area contributed by atoms with Crippen LogP contribution in [0.4, 0.5) is 22.0 Å². The highest BCUT2D eigenvalue weighted by atomic mass is 19.3. The maximum atomic E-state index is 13.2. The smallest absolute Gasteiger partial charge is 0.425 e. The van der Waals surface area contributed by atoms with Gasteiger partial charge in [0.25, 0.3) is 0 Å². The Morgan fingerprint density at radius 3 is 2.22 bits per heavy atom. The monoisotopic (exact) mass is 269 g/mol. The van der Waals surface area contributed by atoms with E-state index in [2.05, 4.69) is 9.72 Å². The Morgan fingerprint density at radius 1 is 1.22 bits per heavy atom. The highest BCUT2D eigenvalue weighted by Gasteiger charge is 2.44. The Balaban J connectivity index is 3.10. The van der Waals surface area contributed by atoms with Crippen LogP contribution in [0.1, 0.15) is 26.5 Å². The fraction of sp³-hybridized carbons (Fsp3) is 0.545. The lowest BCUT2D eigenvalue weighted by Crippen LogP contribution is -2.34. The molecule has 7 heteroatoms. The molecule has 0 saturated heterocycles. The standard InChI is InChI=1S/C11H12F5NO/c1-10(2,3)8-4-7(6(12)5-17-8)18-11(15,16)9(13)14/h4-5,9H,1-3H3. The number of nitrogens with zero attached hydrogens (tertiary/aromatic N) is 1. The van der Waals surface area contributed by atoms with Gasteiger partial charge in [-0.15, -0.1) is 0 Å². The SMILES string of the molecule is CC(C)(C)c1cc(OC(F)(F)C(F)F)c(F)cn1. The van der Waals surface area contributed by atoms with Gasteiger partial charge in [0, 0.05) is 17.2 Å². The van der Waals surface area contributed by atoms with E-state index < -0.39 is 29.5 Å². The van der Waals surface area contributed by atoms with Gasteiger partial charge in [0.05, 0.1) is 6.20 Å². The summed E-state index contributed by atoms with van der Waals surface area (Å²) in [6.07, 6.45) is -8.11. The van der Waals surface area contributed by atoms with Crippen molar-refractivity contribution in [2.75, 3.05) is 0 Å². The van der Waals surface area contributed by atoms with Crippen molar-refractivity contribution in [3.05, 3.63) is 23.8 Å². The topological polar surface area (TPSA) is 22.1 Å². The van der Waals surface area contributed by atoms with Crippen molar-refractivity contribution < 1.29 is 26.7 Å². The number of halogens is 5. The number of hydrogen-bond donors (Lipinski definition) is 0. The van der Waals surface area contributed by atoms with Gasteiger partial charge in [-0.1, -0.05) is 20.8 Å². The molecule has 0 fully saturated rings. The molecule has 0 radical (unpaired) electrons. The van der Waals surface area contributed by atoms with Gasteiger partial charge in [0.15, 0.2) is 11.6 Å². The number of rotatable bonds is 3. The Morgan fingerprint density at radius 2 is 1.78 bits per heavy atom. The van der Waals surface area contributed by atoms with E-state index in [0.717, 1.165) is 6.07 Å². The van der Waals surface area contributed by atoms with Crippen molar-refractivity contribution in [2.45, 2.75) is 38.7 Å². The average molecular weight is 269 g/mol. The van der Waals surface area contributed by atoms with Crippen LogP contribution in [-0.2, 0) is 5.41 Å². The van der Waals surface area contributed by atoms with Gasteiger partial charge in [0.2, 0.25) is 0 Å². The number of pyridine rings is 1. The predicted octanol–water partition coefficient (Wildman–Crippen LogP) is 3.75. The Bertz CT molecular complexity index is 428. The van der Waals surface area contributed by atoms with Crippen LogP contribution in [0.3, 0.4) is 0 Å². The van der Waals surface area contributed by atoms with Gasteiger partial charge in [-0.05, 0) is 0 Å². The molecular weight excluding hydrogens is 257 g/mol. The van der Waals surface area contributed by atoms with Crippen molar-refractivity contribution in [1.29, 1.82) is 0 Å². The molecule has 0 bridgehead atoms. The molecule has 1 aromatic rings. The molecule has 102 valence electrons. The van der Waals surface area contributed by atoms with Crippen molar-refractivity contribution in [3.8, 4) is 5.75 Å². The Hall–Kier alpha value is -1.40. The summed E-state index contributed by atoms with van der Waals surface area (Å²) in [5.41, 5.74) is -0.296. The zero-order valence-electron chi connectivity index (χ0n) is 9.98. The third kappa shape index (κ3) is 3.30. The van der Waals surface area contributed by atoms with Crippen LogP contribution < -0.4 is 4.74 Å². The third-order valence-electron chi connectivity index (χ3n) is 2.09.